The summed E-state index contributed by atoms with van der Waals surface area (Å²) in [6, 6.07) is 0.388. The van der Waals surface area contributed by atoms with Gasteiger partial charge in [0.05, 0.1) is 6.04 Å². The summed E-state index contributed by atoms with van der Waals surface area (Å²) in [5.41, 5.74) is 0. The predicted octanol–water partition coefficient (Wildman–Crippen LogP) is 1.29. The largest absolute Gasteiger partial charge is 0.396 e. The van der Waals surface area contributed by atoms with E-state index >= 15 is 0 Å². The molecule has 5 heteroatoms. The van der Waals surface area contributed by atoms with Crippen molar-refractivity contribution in [2.24, 2.45) is 4.99 Å². The standard InChI is InChI=1S/C11H18N2O2S/c1-11(6-7-14)9(15)13-10(16-11)12-8-4-2-3-5-8/h8,14H,2-7H2,1H3,(H,12,13,15). The number of thioether (sulfide) groups is 1. The minimum absolute atomic E-state index is 0.0247. The summed E-state index contributed by atoms with van der Waals surface area (Å²) in [5, 5.41) is 12.5. The van der Waals surface area contributed by atoms with Crippen LogP contribution >= 0.6 is 11.8 Å². The van der Waals surface area contributed by atoms with E-state index in [0.29, 0.717) is 12.5 Å². The molecule has 2 N–H and O–H groups in total. The first kappa shape index (κ1) is 11.9. The van der Waals surface area contributed by atoms with Crippen LogP contribution in [0.2, 0.25) is 0 Å². The Hall–Kier alpha value is -0.550. The molecule has 1 aliphatic heterocycles. The Balaban J connectivity index is 2.02. The monoisotopic (exact) mass is 242 g/mol. The van der Waals surface area contributed by atoms with Crippen LogP contribution in [0, 0.1) is 0 Å². The topological polar surface area (TPSA) is 61.7 Å². The summed E-state index contributed by atoms with van der Waals surface area (Å²) >= 11 is 1.46. The SMILES string of the molecule is CC1(CCO)SC(=NC2CCCC2)NC1=O. The van der Waals surface area contributed by atoms with Crippen molar-refractivity contribution in [1.29, 1.82) is 0 Å². The highest BCUT2D eigenvalue weighted by molar-refractivity contribution is 8.16. The van der Waals surface area contributed by atoms with Crippen molar-refractivity contribution in [2.75, 3.05) is 6.61 Å². The first-order chi connectivity index (χ1) is 7.64. The third-order valence-electron chi connectivity index (χ3n) is 3.24. The van der Waals surface area contributed by atoms with Crippen LogP contribution in [-0.2, 0) is 4.79 Å². The highest BCUT2D eigenvalue weighted by Gasteiger charge is 2.42. The van der Waals surface area contributed by atoms with Gasteiger partial charge in [0.15, 0.2) is 5.17 Å². The van der Waals surface area contributed by atoms with Crippen LogP contribution in [-0.4, -0.2) is 33.6 Å². The molecule has 1 saturated carbocycles. The Morgan fingerprint density at radius 2 is 2.25 bits per heavy atom. The molecule has 0 aromatic rings. The van der Waals surface area contributed by atoms with Gasteiger partial charge in [-0.15, -0.1) is 0 Å². The van der Waals surface area contributed by atoms with Gasteiger partial charge in [0.25, 0.3) is 0 Å². The van der Waals surface area contributed by atoms with E-state index in [1.54, 1.807) is 0 Å². The number of hydrogen-bond acceptors (Lipinski definition) is 4. The molecule has 0 radical (unpaired) electrons. The van der Waals surface area contributed by atoms with Gasteiger partial charge in [-0.2, -0.15) is 0 Å². The Labute approximate surface area is 99.9 Å². The zero-order valence-electron chi connectivity index (χ0n) is 9.53. The van der Waals surface area contributed by atoms with Crippen LogP contribution in [0.5, 0.6) is 0 Å². The smallest absolute Gasteiger partial charge is 0.242 e. The average Bonchev–Trinajstić information content (AvgIpc) is 2.78. The molecule has 1 unspecified atom stereocenters. The van der Waals surface area contributed by atoms with Gasteiger partial charge in [-0.3, -0.25) is 9.79 Å². The van der Waals surface area contributed by atoms with Crippen molar-refractivity contribution >= 4 is 22.8 Å². The average molecular weight is 242 g/mol. The lowest BCUT2D eigenvalue weighted by Gasteiger charge is -2.16. The van der Waals surface area contributed by atoms with Gasteiger partial charge in [0.2, 0.25) is 5.91 Å². The molecule has 1 amide bonds. The number of aliphatic imine (C=N–C) groups is 1. The lowest BCUT2D eigenvalue weighted by Crippen LogP contribution is -2.34. The second kappa shape index (κ2) is 4.75. The lowest BCUT2D eigenvalue weighted by molar-refractivity contribution is -0.121. The van der Waals surface area contributed by atoms with Gasteiger partial charge >= 0.3 is 0 Å². The fourth-order valence-corrected chi connectivity index (χ4v) is 3.26. The van der Waals surface area contributed by atoms with E-state index in [0.717, 1.165) is 18.0 Å². The quantitative estimate of drug-likeness (QED) is 0.784. The van der Waals surface area contributed by atoms with Crippen molar-refractivity contribution in [3.8, 4) is 0 Å². The van der Waals surface area contributed by atoms with Crippen molar-refractivity contribution in [3.05, 3.63) is 0 Å². The number of amides is 1. The van der Waals surface area contributed by atoms with Crippen LogP contribution in [0.4, 0.5) is 0 Å². The summed E-state index contributed by atoms with van der Waals surface area (Å²) in [7, 11) is 0. The molecule has 0 aromatic heterocycles. The Kier molecular flexibility index (Phi) is 3.54. The molecule has 2 aliphatic rings. The fraction of sp³-hybridized carbons (Fsp3) is 0.818. The minimum Gasteiger partial charge on any atom is -0.396 e. The van der Waals surface area contributed by atoms with E-state index < -0.39 is 4.75 Å². The summed E-state index contributed by atoms with van der Waals surface area (Å²) in [6.07, 6.45) is 5.24. The van der Waals surface area contributed by atoms with Gasteiger partial charge in [-0.05, 0) is 26.2 Å². The number of nitrogens with one attached hydrogen (secondary N) is 1. The molecule has 90 valence electrons. The second-order valence-electron chi connectivity index (χ2n) is 4.63. The molecule has 1 aliphatic carbocycles. The number of aliphatic hydroxyl groups excluding tert-OH is 1. The van der Waals surface area contributed by atoms with Crippen LogP contribution in [0.25, 0.3) is 0 Å². The highest BCUT2D eigenvalue weighted by atomic mass is 32.2. The zero-order valence-corrected chi connectivity index (χ0v) is 10.3. The van der Waals surface area contributed by atoms with Gasteiger partial charge < -0.3 is 10.4 Å². The van der Waals surface area contributed by atoms with Crippen LogP contribution < -0.4 is 5.32 Å². The Morgan fingerprint density at radius 3 is 2.88 bits per heavy atom. The molecule has 1 heterocycles. The molecule has 4 nitrogen and oxygen atoms in total. The number of rotatable bonds is 3. The van der Waals surface area contributed by atoms with E-state index in [2.05, 4.69) is 10.3 Å². The van der Waals surface area contributed by atoms with Crippen LogP contribution in [0.3, 0.4) is 0 Å². The number of hydrogen-bond donors (Lipinski definition) is 2. The molecular weight excluding hydrogens is 224 g/mol. The number of aliphatic hydroxyl groups is 1. The first-order valence-corrected chi connectivity index (χ1v) is 6.65. The number of amidine groups is 1. The number of carbonyl (C=O) groups is 1. The molecule has 0 aromatic carbocycles. The maximum absolute atomic E-state index is 11.7. The molecule has 1 saturated heterocycles. The van der Waals surface area contributed by atoms with E-state index in [4.69, 9.17) is 5.11 Å². The van der Waals surface area contributed by atoms with Crippen molar-refractivity contribution in [1.82, 2.24) is 5.32 Å². The summed E-state index contributed by atoms with van der Waals surface area (Å²) in [6.45, 7) is 1.90. The van der Waals surface area contributed by atoms with E-state index in [1.165, 1.54) is 24.6 Å². The fourth-order valence-electron chi connectivity index (χ4n) is 2.15. The van der Waals surface area contributed by atoms with Gasteiger partial charge in [-0.25, -0.2) is 0 Å². The molecule has 2 fully saturated rings. The third-order valence-corrected chi connectivity index (χ3v) is 4.48. The van der Waals surface area contributed by atoms with Crippen molar-refractivity contribution in [2.45, 2.75) is 49.8 Å². The van der Waals surface area contributed by atoms with Crippen molar-refractivity contribution in [3.63, 3.8) is 0 Å². The number of carbonyl (C=O) groups excluding carboxylic acids is 1. The predicted molar refractivity (Wildman–Crippen MR) is 65.5 cm³/mol. The van der Waals surface area contributed by atoms with Gasteiger partial charge in [-0.1, -0.05) is 24.6 Å². The van der Waals surface area contributed by atoms with Crippen LogP contribution in [0.15, 0.2) is 4.99 Å². The summed E-state index contributed by atoms with van der Waals surface area (Å²) in [4.78, 5) is 16.3. The normalized spacial score (nSPS) is 33.6. The second-order valence-corrected chi connectivity index (χ2v) is 6.13. The minimum atomic E-state index is -0.536. The van der Waals surface area contributed by atoms with Gasteiger partial charge in [0, 0.05) is 6.61 Å². The first-order valence-electron chi connectivity index (χ1n) is 5.83. The third kappa shape index (κ3) is 2.40. The van der Waals surface area contributed by atoms with Crippen LogP contribution in [0.1, 0.15) is 39.0 Å². The highest BCUT2D eigenvalue weighted by Crippen LogP contribution is 2.35. The molecule has 1 atom stereocenters. The maximum atomic E-state index is 11.7. The molecule has 0 bridgehead atoms. The molecule has 0 spiro atoms. The molecular formula is C11H18N2O2S. The Morgan fingerprint density at radius 1 is 1.56 bits per heavy atom. The lowest BCUT2D eigenvalue weighted by atomic mass is 10.1. The maximum Gasteiger partial charge on any atom is 0.242 e. The van der Waals surface area contributed by atoms with Crippen molar-refractivity contribution < 1.29 is 9.90 Å². The summed E-state index contributed by atoms with van der Waals surface area (Å²) in [5.74, 6) is -0.0247. The molecule has 2 rings (SSSR count). The van der Waals surface area contributed by atoms with E-state index in [1.807, 2.05) is 6.92 Å². The Bertz CT molecular complexity index is 313. The molecule has 16 heavy (non-hydrogen) atoms. The van der Waals surface area contributed by atoms with E-state index in [9.17, 15) is 4.79 Å². The summed E-state index contributed by atoms with van der Waals surface area (Å²) < 4.78 is -0.536. The van der Waals surface area contributed by atoms with E-state index in [-0.39, 0.29) is 12.5 Å². The van der Waals surface area contributed by atoms with Gasteiger partial charge in [0.1, 0.15) is 4.75 Å². The zero-order chi connectivity index (χ0) is 11.6. The number of nitrogens with zero attached hydrogens (tertiary/aromatic N) is 1.